The molecule has 34 heavy (non-hydrogen) atoms. The molecule has 174 valence electrons. The number of halogens is 2. The predicted octanol–water partition coefficient (Wildman–Crippen LogP) is 3.08. The molecule has 7 nitrogen and oxygen atoms in total. The van der Waals surface area contributed by atoms with Gasteiger partial charge in [0.25, 0.3) is 11.8 Å². The lowest BCUT2D eigenvalue weighted by Crippen LogP contribution is -2.46. The number of fused-ring (bicyclic) bond motifs is 5. The minimum atomic E-state index is -0.985. The molecule has 2 heterocycles. The average molecular weight is 465 g/mol. The van der Waals surface area contributed by atoms with Gasteiger partial charge in [0.15, 0.2) is 11.4 Å². The first-order chi connectivity index (χ1) is 16.3. The molecule has 0 radical (unpaired) electrons. The van der Waals surface area contributed by atoms with Gasteiger partial charge in [-0.15, -0.1) is 0 Å². The third-order valence-electron chi connectivity index (χ3n) is 6.57. The molecule has 0 fully saturated rings. The fourth-order valence-electron chi connectivity index (χ4n) is 4.97. The summed E-state index contributed by atoms with van der Waals surface area (Å²) >= 11 is 0. The summed E-state index contributed by atoms with van der Waals surface area (Å²) in [5.41, 5.74) is 0.578. The van der Waals surface area contributed by atoms with Gasteiger partial charge < -0.3 is 19.9 Å². The molecular weight excluding hydrogens is 444 g/mol. The Morgan fingerprint density at radius 2 is 1.94 bits per heavy atom. The number of likely N-dealkylation sites (N-methyl/N-ethyl adjacent to an activating group) is 1. The minimum Gasteiger partial charge on any atom is -0.503 e. The van der Waals surface area contributed by atoms with Crippen molar-refractivity contribution in [2.45, 2.75) is 32.0 Å². The van der Waals surface area contributed by atoms with Gasteiger partial charge in [0, 0.05) is 30.9 Å². The molecule has 1 aliphatic carbocycles. The Hall–Kier alpha value is -4.01. The van der Waals surface area contributed by atoms with E-state index in [1.807, 2.05) is 31.2 Å². The van der Waals surface area contributed by atoms with Gasteiger partial charge in [-0.05, 0) is 30.5 Å². The van der Waals surface area contributed by atoms with E-state index in [2.05, 4.69) is 5.32 Å². The Kier molecular flexibility index (Phi) is 5.19. The molecule has 2 amide bonds. The van der Waals surface area contributed by atoms with Gasteiger partial charge in [0.2, 0.25) is 5.43 Å². The Bertz CT molecular complexity index is 1400. The number of aromatic hydroxyl groups is 1. The highest BCUT2D eigenvalue weighted by Crippen LogP contribution is 2.47. The molecule has 2 N–H and O–H groups in total. The second-order valence-electron chi connectivity index (χ2n) is 8.40. The Labute approximate surface area is 193 Å². The number of aromatic nitrogens is 1. The third-order valence-corrected chi connectivity index (χ3v) is 6.57. The number of pyridine rings is 1. The number of carbonyl (C=O) groups is 2. The molecule has 0 bridgehead atoms. The second kappa shape index (κ2) is 8.09. The number of nitrogens with one attached hydrogen (secondary N) is 1. The summed E-state index contributed by atoms with van der Waals surface area (Å²) < 4.78 is 28.6. The molecule has 0 saturated carbocycles. The smallest absolute Gasteiger partial charge is 0.275 e. The van der Waals surface area contributed by atoms with Crippen LogP contribution in [-0.2, 0) is 13.0 Å². The van der Waals surface area contributed by atoms with Gasteiger partial charge in [-0.25, -0.2) is 8.78 Å². The summed E-state index contributed by atoms with van der Waals surface area (Å²) in [6.07, 6.45) is 1.85. The van der Waals surface area contributed by atoms with Crippen molar-refractivity contribution in [2.24, 2.45) is 0 Å². The topological polar surface area (TPSA) is 91.6 Å². The highest BCUT2D eigenvalue weighted by molar-refractivity contribution is 5.99. The maximum absolute atomic E-state index is 13.9. The SMILES string of the molecule is CCN1C(=O)c2c(O)c(=O)c(C(=O)NCc3ccc(F)cc3F)cn2[C@H]2Cc3ccccc3[C@H]21. The Morgan fingerprint density at radius 1 is 1.18 bits per heavy atom. The van der Waals surface area contributed by atoms with E-state index in [1.165, 1.54) is 16.8 Å². The molecule has 0 saturated heterocycles. The first-order valence-corrected chi connectivity index (χ1v) is 10.9. The Balaban J connectivity index is 1.54. The lowest BCUT2D eigenvalue weighted by molar-refractivity contribution is 0.0544. The number of nitrogens with zero attached hydrogens (tertiary/aromatic N) is 2. The minimum absolute atomic E-state index is 0.0390. The molecular formula is C25H21F2N3O4. The van der Waals surface area contributed by atoms with Crippen LogP contribution in [0.3, 0.4) is 0 Å². The summed E-state index contributed by atoms with van der Waals surface area (Å²) in [4.78, 5) is 40.6. The van der Waals surface area contributed by atoms with Crippen LogP contribution in [0.15, 0.2) is 53.5 Å². The van der Waals surface area contributed by atoms with Crippen LogP contribution in [0.1, 0.15) is 56.5 Å². The van der Waals surface area contributed by atoms with Crippen LogP contribution in [0.5, 0.6) is 5.75 Å². The number of hydrogen-bond donors (Lipinski definition) is 2. The monoisotopic (exact) mass is 465 g/mol. The summed E-state index contributed by atoms with van der Waals surface area (Å²) in [7, 11) is 0. The van der Waals surface area contributed by atoms with Crippen molar-refractivity contribution in [3.05, 3.63) is 98.5 Å². The first kappa shape index (κ1) is 21.8. The molecule has 3 aromatic rings. The normalized spacial score (nSPS) is 18.3. The zero-order chi connectivity index (χ0) is 24.1. The van der Waals surface area contributed by atoms with Gasteiger partial charge in [-0.2, -0.15) is 0 Å². The summed E-state index contributed by atoms with van der Waals surface area (Å²) in [6, 6.07) is 10.1. The quantitative estimate of drug-likeness (QED) is 0.620. The molecule has 1 aromatic heterocycles. The van der Waals surface area contributed by atoms with Crippen LogP contribution in [0, 0.1) is 11.6 Å². The molecule has 0 unspecified atom stereocenters. The predicted molar refractivity (Wildman–Crippen MR) is 119 cm³/mol. The van der Waals surface area contributed by atoms with Crippen LogP contribution >= 0.6 is 0 Å². The van der Waals surface area contributed by atoms with Crippen LogP contribution in [0.25, 0.3) is 0 Å². The van der Waals surface area contributed by atoms with Gasteiger partial charge in [-0.3, -0.25) is 14.4 Å². The van der Waals surface area contributed by atoms with Gasteiger partial charge in [0.05, 0.1) is 12.1 Å². The van der Waals surface area contributed by atoms with Gasteiger partial charge in [0.1, 0.15) is 17.2 Å². The van der Waals surface area contributed by atoms with Crippen molar-refractivity contribution in [2.75, 3.05) is 6.54 Å². The molecule has 5 rings (SSSR count). The molecule has 2 aromatic carbocycles. The summed E-state index contributed by atoms with van der Waals surface area (Å²) in [5, 5.41) is 13.1. The number of hydrogen-bond acceptors (Lipinski definition) is 4. The van der Waals surface area contributed by atoms with Crippen LogP contribution < -0.4 is 10.7 Å². The lowest BCUT2D eigenvalue weighted by atomic mass is 9.99. The number of amides is 2. The lowest BCUT2D eigenvalue weighted by Gasteiger charge is -2.40. The zero-order valence-corrected chi connectivity index (χ0v) is 18.2. The van der Waals surface area contributed by atoms with E-state index in [4.69, 9.17) is 0 Å². The maximum atomic E-state index is 13.9. The van der Waals surface area contributed by atoms with Crippen LogP contribution in [0.2, 0.25) is 0 Å². The van der Waals surface area contributed by atoms with E-state index >= 15 is 0 Å². The standard InChI is InChI=1S/C25H21F2N3O4/c1-2-29-20-16-6-4-3-5-13(16)9-19(20)30-12-17(22(31)23(32)21(30)25(29)34)24(33)28-11-14-7-8-15(26)10-18(14)27/h3-8,10,12,19-20,32H,2,9,11H2,1H3,(H,28,33)/t19-,20+/m0/s1. The van der Waals surface area contributed by atoms with Crippen molar-refractivity contribution in [1.82, 2.24) is 14.8 Å². The maximum Gasteiger partial charge on any atom is 0.275 e. The van der Waals surface area contributed by atoms with E-state index in [0.717, 1.165) is 17.2 Å². The van der Waals surface area contributed by atoms with E-state index in [1.54, 1.807) is 4.90 Å². The second-order valence-corrected chi connectivity index (χ2v) is 8.40. The van der Waals surface area contributed by atoms with Crippen LogP contribution in [-0.4, -0.2) is 32.9 Å². The first-order valence-electron chi connectivity index (χ1n) is 10.9. The highest BCUT2D eigenvalue weighted by Gasteiger charge is 2.46. The molecule has 1 aliphatic heterocycles. The largest absolute Gasteiger partial charge is 0.503 e. The summed E-state index contributed by atoms with van der Waals surface area (Å²) in [6.45, 7) is 1.93. The van der Waals surface area contributed by atoms with Crippen LogP contribution in [0.4, 0.5) is 8.78 Å². The molecule has 2 atom stereocenters. The fourth-order valence-corrected chi connectivity index (χ4v) is 4.97. The number of carbonyl (C=O) groups excluding carboxylic acids is 2. The van der Waals surface area contributed by atoms with Crippen molar-refractivity contribution >= 4 is 11.8 Å². The fraction of sp³-hybridized carbons (Fsp3) is 0.240. The van der Waals surface area contributed by atoms with E-state index in [0.29, 0.717) is 19.0 Å². The van der Waals surface area contributed by atoms with Crippen molar-refractivity contribution in [3.63, 3.8) is 0 Å². The zero-order valence-electron chi connectivity index (χ0n) is 18.2. The van der Waals surface area contributed by atoms with Gasteiger partial charge in [-0.1, -0.05) is 30.3 Å². The van der Waals surface area contributed by atoms with E-state index in [-0.39, 0.29) is 35.4 Å². The average Bonchev–Trinajstić information content (AvgIpc) is 3.20. The number of benzene rings is 2. The van der Waals surface area contributed by atoms with E-state index in [9.17, 15) is 28.3 Å². The third kappa shape index (κ3) is 3.27. The van der Waals surface area contributed by atoms with Crippen molar-refractivity contribution < 1.29 is 23.5 Å². The number of rotatable bonds is 4. The van der Waals surface area contributed by atoms with Gasteiger partial charge >= 0.3 is 0 Å². The Morgan fingerprint density at radius 3 is 2.68 bits per heavy atom. The summed E-state index contributed by atoms with van der Waals surface area (Å²) in [5.74, 6) is -3.70. The highest BCUT2D eigenvalue weighted by atomic mass is 19.1. The molecule has 0 spiro atoms. The molecule has 9 heteroatoms. The van der Waals surface area contributed by atoms with Crippen molar-refractivity contribution in [1.29, 1.82) is 0 Å². The molecule has 2 aliphatic rings. The van der Waals surface area contributed by atoms with Crippen molar-refractivity contribution in [3.8, 4) is 5.75 Å². The van der Waals surface area contributed by atoms with E-state index < -0.39 is 34.6 Å².